The van der Waals surface area contributed by atoms with Gasteiger partial charge in [-0.05, 0) is 73.6 Å². The van der Waals surface area contributed by atoms with Crippen molar-refractivity contribution in [1.29, 1.82) is 5.26 Å². The molecule has 1 aromatic heterocycles. The highest BCUT2D eigenvalue weighted by Gasteiger charge is 2.05. The molecular formula is C26H32N2. The van der Waals surface area contributed by atoms with Gasteiger partial charge in [-0.2, -0.15) is 5.26 Å². The first kappa shape index (κ1) is 23.1. The minimum absolute atomic E-state index is 0.728. The average Bonchev–Trinajstić information content (AvgIpc) is 2.72. The van der Waals surface area contributed by atoms with Crippen molar-refractivity contribution in [2.45, 2.75) is 53.9 Å². The van der Waals surface area contributed by atoms with E-state index in [0.29, 0.717) is 0 Å². The monoisotopic (exact) mass is 372 g/mol. The van der Waals surface area contributed by atoms with Crippen LogP contribution in [0.2, 0.25) is 0 Å². The molecule has 0 aliphatic heterocycles. The van der Waals surface area contributed by atoms with Gasteiger partial charge in [0.1, 0.15) is 0 Å². The molecule has 0 N–H and O–H groups in total. The summed E-state index contributed by atoms with van der Waals surface area (Å²) in [6.07, 6.45) is 8.94. The topological polar surface area (TPSA) is 36.7 Å². The lowest BCUT2D eigenvalue weighted by Gasteiger charge is -2.06. The predicted octanol–water partition coefficient (Wildman–Crippen LogP) is 7.33. The summed E-state index contributed by atoms with van der Waals surface area (Å²) in [6.45, 7) is 14.2. The zero-order chi connectivity index (χ0) is 20.9. The van der Waals surface area contributed by atoms with Gasteiger partial charge >= 0.3 is 0 Å². The van der Waals surface area contributed by atoms with Crippen LogP contribution in [0, 0.1) is 18.3 Å². The number of allylic oxidation sites excluding steroid dienone is 5. The lowest BCUT2D eigenvalue weighted by Crippen LogP contribution is -1.89. The van der Waals surface area contributed by atoms with E-state index < -0.39 is 0 Å². The normalized spacial score (nSPS) is 11.3. The molecule has 2 heteroatoms. The average molecular weight is 373 g/mol. The Kier molecular flexibility index (Phi) is 10.3. The Labute approximate surface area is 171 Å². The minimum Gasteiger partial charge on any atom is -0.262 e. The number of rotatable bonds is 6. The summed E-state index contributed by atoms with van der Waals surface area (Å²) in [4.78, 5) is 4.14. The number of aromatic nitrogens is 1. The molecule has 1 heterocycles. The van der Waals surface area contributed by atoms with E-state index in [4.69, 9.17) is 5.26 Å². The van der Waals surface area contributed by atoms with Crippen molar-refractivity contribution < 1.29 is 0 Å². The van der Waals surface area contributed by atoms with Crippen molar-refractivity contribution in [2.24, 2.45) is 0 Å². The van der Waals surface area contributed by atoms with Crippen molar-refractivity contribution in [1.82, 2.24) is 4.98 Å². The molecule has 2 nitrogen and oxygen atoms in total. The zero-order valence-corrected chi connectivity index (χ0v) is 17.9. The van der Waals surface area contributed by atoms with Gasteiger partial charge in [-0.3, -0.25) is 4.98 Å². The third-order valence-electron chi connectivity index (χ3n) is 4.52. The standard InChI is InChI=1S/C15H17N.C11H15N/c1-4-12-7-9-14(10-8-12)15(6-3)13(5-2)11-16;1-4-5-9(2)11-6-7-12-10(3)8-11/h5-10H,4H2,1-3H3;6-8H,2,4-5H2,1,3H3/b13-5-,15-6+;. The molecule has 0 amide bonds. The Balaban J connectivity index is 0.000000292. The van der Waals surface area contributed by atoms with Gasteiger partial charge in [0.2, 0.25) is 0 Å². The van der Waals surface area contributed by atoms with Gasteiger partial charge in [0.15, 0.2) is 0 Å². The van der Waals surface area contributed by atoms with Crippen LogP contribution in [0.5, 0.6) is 0 Å². The second-order valence-corrected chi connectivity index (χ2v) is 6.61. The van der Waals surface area contributed by atoms with Gasteiger partial charge in [-0.15, -0.1) is 0 Å². The Morgan fingerprint density at radius 3 is 2.21 bits per heavy atom. The molecule has 0 atom stereocenters. The first-order valence-corrected chi connectivity index (χ1v) is 9.93. The van der Waals surface area contributed by atoms with Gasteiger partial charge < -0.3 is 0 Å². The summed E-state index contributed by atoms with van der Waals surface area (Å²) in [6, 6.07) is 14.7. The molecule has 0 aliphatic rings. The van der Waals surface area contributed by atoms with E-state index in [1.165, 1.54) is 16.7 Å². The fourth-order valence-corrected chi connectivity index (χ4v) is 2.89. The summed E-state index contributed by atoms with van der Waals surface area (Å²) >= 11 is 0. The summed E-state index contributed by atoms with van der Waals surface area (Å²) in [5, 5.41) is 9.03. The fraction of sp³-hybridized carbons (Fsp3) is 0.308. The second kappa shape index (κ2) is 12.5. The molecule has 146 valence electrons. The fourth-order valence-electron chi connectivity index (χ4n) is 2.89. The van der Waals surface area contributed by atoms with Gasteiger partial charge in [0.25, 0.3) is 0 Å². The molecule has 0 saturated carbocycles. The first-order valence-electron chi connectivity index (χ1n) is 9.93. The lowest BCUT2D eigenvalue weighted by molar-refractivity contribution is 0.973. The van der Waals surface area contributed by atoms with Crippen molar-refractivity contribution in [3.05, 3.63) is 89.3 Å². The molecule has 28 heavy (non-hydrogen) atoms. The Morgan fingerprint density at radius 2 is 1.75 bits per heavy atom. The molecule has 1 aromatic carbocycles. The molecule has 2 aromatic rings. The number of nitriles is 1. The third kappa shape index (κ3) is 7.00. The highest BCUT2D eigenvalue weighted by atomic mass is 14.6. The van der Waals surface area contributed by atoms with Crippen LogP contribution in [0.25, 0.3) is 11.1 Å². The maximum Gasteiger partial charge on any atom is 0.0994 e. The first-order chi connectivity index (χ1) is 13.5. The molecule has 0 aliphatic carbocycles. The second-order valence-electron chi connectivity index (χ2n) is 6.61. The van der Waals surface area contributed by atoms with Crippen molar-refractivity contribution in [3.63, 3.8) is 0 Å². The molecule has 2 rings (SSSR count). The Hall–Kier alpha value is -2.92. The zero-order valence-electron chi connectivity index (χ0n) is 17.9. The number of nitrogens with zero attached hydrogens (tertiary/aromatic N) is 2. The Morgan fingerprint density at radius 1 is 1.07 bits per heavy atom. The van der Waals surface area contributed by atoms with Crippen LogP contribution in [-0.2, 0) is 6.42 Å². The number of benzene rings is 1. The van der Waals surface area contributed by atoms with E-state index in [1.54, 1.807) is 0 Å². The van der Waals surface area contributed by atoms with Crippen LogP contribution >= 0.6 is 0 Å². The third-order valence-corrected chi connectivity index (χ3v) is 4.52. The van der Waals surface area contributed by atoms with Crippen molar-refractivity contribution >= 4 is 11.1 Å². The maximum atomic E-state index is 9.03. The summed E-state index contributed by atoms with van der Waals surface area (Å²) < 4.78 is 0. The lowest BCUT2D eigenvalue weighted by atomic mass is 9.97. The summed E-state index contributed by atoms with van der Waals surface area (Å²) in [7, 11) is 0. The highest BCUT2D eigenvalue weighted by Crippen LogP contribution is 2.23. The number of hydrogen-bond acceptors (Lipinski definition) is 2. The van der Waals surface area contributed by atoms with E-state index in [2.05, 4.69) is 61.8 Å². The van der Waals surface area contributed by atoms with Crippen LogP contribution < -0.4 is 0 Å². The molecular weight excluding hydrogens is 340 g/mol. The van der Waals surface area contributed by atoms with Crippen LogP contribution in [0.3, 0.4) is 0 Å². The van der Waals surface area contributed by atoms with E-state index in [0.717, 1.165) is 41.7 Å². The van der Waals surface area contributed by atoms with Crippen molar-refractivity contribution in [3.8, 4) is 6.07 Å². The van der Waals surface area contributed by atoms with Crippen LogP contribution in [0.4, 0.5) is 0 Å². The molecule has 0 radical (unpaired) electrons. The smallest absolute Gasteiger partial charge is 0.0994 e. The molecule has 0 spiro atoms. The minimum atomic E-state index is 0.728. The number of aryl methyl sites for hydroxylation is 2. The quantitative estimate of drug-likeness (QED) is 0.393. The Bertz CT molecular complexity index is 862. The van der Waals surface area contributed by atoms with Crippen LogP contribution in [0.15, 0.2) is 66.9 Å². The maximum absolute atomic E-state index is 9.03. The summed E-state index contributed by atoms with van der Waals surface area (Å²) in [5.74, 6) is 0. The van der Waals surface area contributed by atoms with Gasteiger partial charge in [0.05, 0.1) is 11.6 Å². The molecule has 0 saturated heterocycles. The van der Waals surface area contributed by atoms with E-state index in [-0.39, 0.29) is 0 Å². The number of hydrogen-bond donors (Lipinski definition) is 0. The van der Waals surface area contributed by atoms with E-state index in [1.807, 2.05) is 45.2 Å². The molecule has 0 bridgehead atoms. The van der Waals surface area contributed by atoms with Gasteiger partial charge in [0, 0.05) is 11.9 Å². The molecule has 0 unspecified atom stereocenters. The van der Waals surface area contributed by atoms with E-state index >= 15 is 0 Å². The van der Waals surface area contributed by atoms with Gasteiger partial charge in [-0.25, -0.2) is 0 Å². The van der Waals surface area contributed by atoms with Gasteiger partial charge in [-0.1, -0.05) is 63.3 Å². The number of pyridine rings is 1. The highest BCUT2D eigenvalue weighted by molar-refractivity contribution is 5.82. The van der Waals surface area contributed by atoms with Crippen LogP contribution in [-0.4, -0.2) is 4.98 Å². The predicted molar refractivity (Wildman–Crippen MR) is 122 cm³/mol. The molecule has 0 fully saturated rings. The largest absolute Gasteiger partial charge is 0.262 e. The SMILES string of the molecule is C/C=C(\C(C#N)=C/C)c1ccc(CC)cc1.C=C(CCC)c1ccnc(C)c1. The summed E-state index contributed by atoms with van der Waals surface area (Å²) in [5.41, 5.74) is 7.66. The van der Waals surface area contributed by atoms with Crippen LogP contribution in [0.1, 0.15) is 62.9 Å². The van der Waals surface area contributed by atoms with E-state index in [9.17, 15) is 0 Å². The van der Waals surface area contributed by atoms with Crippen molar-refractivity contribution in [2.75, 3.05) is 0 Å².